The van der Waals surface area contributed by atoms with Crippen LogP contribution in [-0.2, 0) is 16.0 Å². The average Bonchev–Trinajstić information content (AvgIpc) is 2.83. The summed E-state index contributed by atoms with van der Waals surface area (Å²) in [4.78, 5) is 27.0. The average molecular weight is 380 g/mol. The van der Waals surface area contributed by atoms with Crippen molar-refractivity contribution < 1.29 is 14.0 Å². The maximum absolute atomic E-state index is 14.0. The summed E-state index contributed by atoms with van der Waals surface area (Å²) >= 11 is 0. The van der Waals surface area contributed by atoms with Gasteiger partial charge in [0.25, 0.3) is 0 Å². The summed E-state index contributed by atoms with van der Waals surface area (Å²) in [5, 5.41) is 2.94. The molecular weight excluding hydrogens is 355 g/mol. The minimum atomic E-state index is -0.258. The molecule has 0 aromatic heterocycles. The van der Waals surface area contributed by atoms with Gasteiger partial charge in [-0.15, -0.1) is 0 Å². The van der Waals surface area contributed by atoms with Crippen LogP contribution in [0.25, 0.3) is 11.1 Å². The van der Waals surface area contributed by atoms with Gasteiger partial charge in [-0.05, 0) is 36.5 Å². The number of carbonyl (C=O) groups is 2. The number of benzene rings is 2. The summed E-state index contributed by atoms with van der Waals surface area (Å²) in [5.41, 5.74) is 2.39. The highest BCUT2D eigenvalue weighted by Gasteiger charge is 2.33. The Hall–Kier alpha value is -2.69. The first-order chi connectivity index (χ1) is 13.6. The predicted molar refractivity (Wildman–Crippen MR) is 106 cm³/mol. The van der Waals surface area contributed by atoms with E-state index < -0.39 is 0 Å². The van der Waals surface area contributed by atoms with Crippen LogP contribution in [0.1, 0.15) is 24.8 Å². The molecule has 0 radical (unpaired) electrons. The number of amides is 2. The van der Waals surface area contributed by atoms with Crippen molar-refractivity contribution in [2.75, 3.05) is 19.6 Å². The van der Waals surface area contributed by atoms with Crippen LogP contribution in [0.3, 0.4) is 0 Å². The van der Waals surface area contributed by atoms with Crippen molar-refractivity contribution >= 4 is 11.8 Å². The highest BCUT2D eigenvalue weighted by atomic mass is 19.1. The molecule has 4 nitrogen and oxygen atoms in total. The summed E-state index contributed by atoms with van der Waals surface area (Å²) < 4.78 is 14.0. The van der Waals surface area contributed by atoms with E-state index in [0.29, 0.717) is 31.6 Å². The number of hydrogen-bond acceptors (Lipinski definition) is 2. The van der Waals surface area contributed by atoms with E-state index in [0.717, 1.165) is 30.4 Å². The number of nitrogens with one attached hydrogen (secondary N) is 1. The van der Waals surface area contributed by atoms with E-state index in [-0.39, 0.29) is 29.5 Å². The summed E-state index contributed by atoms with van der Waals surface area (Å²) in [5.74, 6) is -0.159. The molecule has 146 valence electrons. The molecule has 28 heavy (non-hydrogen) atoms. The SMILES string of the molecule is O=C1NCCN(C(=O)C2CCC2)C[C@@H]1Cc1ccc(-c2ccccc2F)cc1. The predicted octanol–water partition coefficient (Wildman–Crippen LogP) is 3.41. The number of nitrogens with zero attached hydrogens (tertiary/aromatic N) is 1. The zero-order valence-corrected chi connectivity index (χ0v) is 15.9. The molecule has 1 aliphatic heterocycles. The first kappa shape index (κ1) is 18.7. The summed E-state index contributed by atoms with van der Waals surface area (Å²) in [6, 6.07) is 14.4. The first-order valence-electron chi connectivity index (χ1n) is 10.0. The fraction of sp³-hybridized carbons (Fsp3) is 0.391. The second kappa shape index (κ2) is 8.13. The Morgan fingerprint density at radius 3 is 2.54 bits per heavy atom. The number of hydrogen-bond donors (Lipinski definition) is 1. The lowest BCUT2D eigenvalue weighted by atomic mass is 9.84. The van der Waals surface area contributed by atoms with Gasteiger partial charge in [0.2, 0.25) is 11.8 Å². The Bertz CT molecular complexity index is 861. The second-order valence-corrected chi connectivity index (χ2v) is 7.78. The fourth-order valence-electron chi connectivity index (χ4n) is 3.97. The van der Waals surface area contributed by atoms with Gasteiger partial charge < -0.3 is 10.2 Å². The van der Waals surface area contributed by atoms with Gasteiger partial charge in [0.05, 0.1) is 5.92 Å². The molecule has 1 N–H and O–H groups in total. The van der Waals surface area contributed by atoms with E-state index in [1.165, 1.54) is 6.07 Å². The molecular formula is C23H25FN2O2. The molecule has 1 saturated heterocycles. The zero-order valence-electron chi connectivity index (χ0n) is 15.9. The Morgan fingerprint density at radius 1 is 1.11 bits per heavy atom. The molecule has 2 aromatic rings. The molecule has 5 heteroatoms. The second-order valence-electron chi connectivity index (χ2n) is 7.78. The van der Waals surface area contributed by atoms with E-state index >= 15 is 0 Å². The van der Waals surface area contributed by atoms with Crippen LogP contribution in [0.4, 0.5) is 4.39 Å². The maximum Gasteiger partial charge on any atom is 0.225 e. The third-order valence-electron chi connectivity index (χ3n) is 5.88. The van der Waals surface area contributed by atoms with Crippen molar-refractivity contribution in [2.24, 2.45) is 11.8 Å². The van der Waals surface area contributed by atoms with Gasteiger partial charge in [0.15, 0.2) is 0 Å². The van der Waals surface area contributed by atoms with Crippen molar-refractivity contribution in [2.45, 2.75) is 25.7 Å². The zero-order chi connectivity index (χ0) is 19.5. The third kappa shape index (κ3) is 3.93. The largest absolute Gasteiger partial charge is 0.354 e. The number of halogens is 1. The molecule has 1 aliphatic carbocycles. The third-order valence-corrected chi connectivity index (χ3v) is 5.88. The van der Waals surface area contributed by atoms with Crippen molar-refractivity contribution in [1.82, 2.24) is 10.2 Å². The van der Waals surface area contributed by atoms with Crippen LogP contribution >= 0.6 is 0 Å². The van der Waals surface area contributed by atoms with E-state index in [1.807, 2.05) is 35.2 Å². The molecule has 2 aromatic carbocycles. The van der Waals surface area contributed by atoms with Crippen LogP contribution in [0.15, 0.2) is 48.5 Å². The molecule has 4 rings (SSSR count). The highest BCUT2D eigenvalue weighted by molar-refractivity contribution is 5.83. The van der Waals surface area contributed by atoms with Gasteiger partial charge in [0, 0.05) is 31.1 Å². The normalized spacial score (nSPS) is 20.2. The Labute approximate surface area is 164 Å². The van der Waals surface area contributed by atoms with Gasteiger partial charge in [-0.25, -0.2) is 4.39 Å². The summed E-state index contributed by atoms with van der Waals surface area (Å²) in [7, 11) is 0. The van der Waals surface area contributed by atoms with Crippen LogP contribution in [0.5, 0.6) is 0 Å². The quantitative estimate of drug-likeness (QED) is 0.884. The van der Waals surface area contributed by atoms with Gasteiger partial charge in [-0.3, -0.25) is 9.59 Å². The van der Waals surface area contributed by atoms with Crippen molar-refractivity contribution in [3.63, 3.8) is 0 Å². The Morgan fingerprint density at radius 2 is 1.86 bits per heavy atom. The molecule has 2 fully saturated rings. The highest BCUT2D eigenvalue weighted by Crippen LogP contribution is 2.29. The number of carbonyl (C=O) groups excluding carboxylic acids is 2. The van der Waals surface area contributed by atoms with E-state index in [2.05, 4.69) is 5.32 Å². The smallest absolute Gasteiger partial charge is 0.225 e. The monoisotopic (exact) mass is 380 g/mol. The standard InChI is InChI=1S/C23H25FN2O2/c24-21-7-2-1-6-20(21)17-10-8-16(9-11-17)14-19-15-26(13-12-25-22(19)27)23(28)18-4-3-5-18/h1-2,6-11,18-19H,3-5,12-15H2,(H,25,27)/t19-/m0/s1. The Balaban J connectivity index is 1.46. The van der Waals surface area contributed by atoms with Gasteiger partial charge in [-0.2, -0.15) is 0 Å². The number of rotatable bonds is 4. The van der Waals surface area contributed by atoms with E-state index in [4.69, 9.17) is 0 Å². The fourth-order valence-corrected chi connectivity index (χ4v) is 3.97. The van der Waals surface area contributed by atoms with Crippen molar-refractivity contribution in [3.8, 4) is 11.1 Å². The first-order valence-corrected chi connectivity index (χ1v) is 10.0. The van der Waals surface area contributed by atoms with Gasteiger partial charge >= 0.3 is 0 Å². The molecule has 1 atom stereocenters. The maximum atomic E-state index is 14.0. The molecule has 1 heterocycles. The summed E-state index contributed by atoms with van der Waals surface area (Å²) in [6.07, 6.45) is 3.63. The van der Waals surface area contributed by atoms with Gasteiger partial charge in [0.1, 0.15) is 5.82 Å². The Kier molecular flexibility index (Phi) is 5.42. The molecule has 2 amide bonds. The van der Waals surface area contributed by atoms with Crippen molar-refractivity contribution in [3.05, 3.63) is 59.9 Å². The molecule has 2 aliphatic rings. The van der Waals surface area contributed by atoms with Gasteiger partial charge in [-0.1, -0.05) is 48.9 Å². The molecule has 1 saturated carbocycles. The molecule has 0 bridgehead atoms. The lowest BCUT2D eigenvalue weighted by molar-refractivity contribution is -0.138. The van der Waals surface area contributed by atoms with Crippen LogP contribution in [0, 0.1) is 17.7 Å². The summed E-state index contributed by atoms with van der Waals surface area (Å²) in [6.45, 7) is 1.57. The lowest BCUT2D eigenvalue weighted by Gasteiger charge is -2.31. The minimum absolute atomic E-state index is 0.00193. The van der Waals surface area contributed by atoms with E-state index in [1.54, 1.807) is 12.1 Å². The lowest BCUT2D eigenvalue weighted by Crippen LogP contribution is -2.42. The van der Waals surface area contributed by atoms with Crippen LogP contribution in [-0.4, -0.2) is 36.3 Å². The van der Waals surface area contributed by atoms with Crippen LogP contribution < -0.4 is 5.32 Å². The van der Waals surface area contributed by atoms with E-state index in [9.17, 15) is 14.0 Å². The molecule has 0 spiro atoms. The van der Waals surface area contributed by atoms with Crippen LogP contribution in [0.2, 0.25) is 0 Å². The van der Waals surface area contributed by atoms with Crippen molar-refractivity contribution in [1.29, 1.82) is 0 Å². The minimum Gasteiger partial charge on any atom is -0.354 e. The molecule has 0 unspecified atom stereocenters. The topological polar surface area (TPSA) is 49.4 Å².